The van der Waals surface area contributed by atoms with Gasteiger partial charge in [-0.3, -0.25) is 71.6 Å². The number of hydrogen-bond acceptors (Lipinski definition) is 16. The number of carbonyl (C=O) groups excluding carboxylic acids is 6. The summed E-state index contributed by atoms with van der Waals surface area (Å²) < 4.78 is 53.0. The van der Waals surface area contributed by atoms with Gasteiger partial charge in [-0.05, 0) is 143 Å². The molecule has 7 atom stereocenters. The molecule has 3 heterocycles. The number of ketones is 4. The molecule has 0 saturated carbocycles. The van der Waals surface area contributed by atoms with Crippen molar-refractivity contribution >= 4 is 47.3 Å². The lowest BCUT2D eigenvalue weighted by Crippen LogP contribution is -2.50. The minimum atomic E-state index is -1.25. The number of nitrogens with one attached hydrogen (secondary N) is 3. The number of benzene rings is 3. The molecule has 7 N–H and O–H groups in total. The summed E-state index contributed by atoms with van der Waals surface area (Å²) in [5.41, 5.74) is 6.52. The first-order chi connectivity index (χ1) is 50.0. The summed E-state index contributed by atoms with van der Waals surface area (Å²) in [5.74, 6) is -0.964. The Morgan fingerprint density at radius 2 is 0.804 bits per heavy atom. The fourth-order valence-electron chi connectivity index (χ4n) is 9.97. The number of Topliss-reactive ketones (excluding diaryl/α,β-unsaturated/α-hetero) is 4. The van der Waals surface area contributed by atoms with Crippen LogP contribution < -0.4 is 38.8 Å². The average molecular weight is 1510 g/mol. The van der Waals surface area contributed by atoms with Crippen LogP contribution in [0.5, 0.6) is 0 Å². The molecule has 6 rings (SSSR count). The van der Waals surface area contributed by atoms with Gasteiger partial charge in [0.1, 0.15) is 59.0 Å². The predicted octanol–water partition coefficient (Wildman–Crippen LogP) is 10.7. The zero-order valence-electron chi connectivity index (χ0n) is 66.6. The zero-order chi connectivity index (χ0) is 82.0. The number of rotatable bonds is 35. The van der Waals surface area contributed by atoms with Crippen LogP contribution in [0.1, 0.15) is 174 Å². The van der Waals surface area contributed by atoms with Gasteiger partial charge in [0.2, 0.25) is 0 Å². The number of halogens is 3. The average Bonchev–Trinajstić information content (AvgIpc) is 1.83. The number of nitrogens with two attached hydrogens (primary N) is 1. The van der Waals surface area contributed by atoms with E-state index in [9.17, 15) is 76.1 Å². The number of aldehydes is 1. The van der Waals surface area contributed by atoms with Gasteiger partial charge < -0.3 is 30.8 Å². The van der Waals surface area contributed by atoms with E-state index in [1.165, 1.54) is 101 Å². The van der Waals surface area contributed by atoms with Gasteiger partial charge in [-0.1, -0.05) is 140 Å². The van der Waals surface area contributed by atoms with E-state index in [0.717, 1.165) is 37.8 Å². The number of carbonyl (C=O) groups is 8. The Kier molecular flexibility index (Phi) is 47.8. The summed E-state index contributed by atoms with van der Waals surface area (Å²) in [6, 6.07) is 14.6. The SMILES string of the molecule is CC(=O)[C@@H](C)CNCC(C)C.CC(=O)[C@H](CC(C)C)N[C@@H](Cn1ccn(Cc2cccc(F)c2)c1=O)C(C)=O.CC(C)C=O.CC(C)C[C@H](N[C@@H](Cn1ccn(Cc2cccc(F)c2)c1=O)C(=O)O)C(=O)O.CC(C)Cn1ccn(Cc2cccc(F)c2)c1=O.CC[C@H](N)C(C)=O.COC(=O)[C@H](C)CC(C)C. The molecule has 0 radical (unpaired) electrons. The van der Waals surface area contributed by atoms with E-state index < -0.39 is 47.6 Å². The van der Waals surface area contributed by atoms with E-state index in [0.29, 0.717) is 54.3 Å². The van der Waals surface area contributed by atoms with Gasteiger partial charge in [-0.2, -0.15) is 0 Å². The maximum Gasteiger partial charge on any atom is 0.328 e. The molecule has 0 saturated heterocycles. The van der Waals surface area contributed by atoms with Crippen molar-refractivity contribution in [1.82, 2.24) is 43.4 Å². The van der Waals surface area contributed by atoms with E-state index in [2.05, 4.69) is 62.2 Å². The van der Waals surface area contributed by atoms with Gasteiger partial charge >= 0.3 is 35.0 Å². The molecular formula is C80H123F3N10O14. The predicted molar refractivity (Wildman–Crippen MR) is 412 cm³/mol. The van der Waals surface area contributed by atoms with Crippen LogP contribution in [0.3, 0.4) is 0 Å². The largest absolute Gasteiger partial charge is 0.480 e. The molecule has 0 aliphatic rings. The number of carboxylic acid groups (broad SMARTS) is 2. The highest BCUT2D eigenvalue weighted by molar-refractivity contribution is 5.85. The third kappa shape index (κ3) is 42.3. The Morgan fingerprint density at radius 1 is 0.458 bits per heavy atom. The maximum absolute atomic E-state index is 13.3. The van der Waals surface area contributed by atoms with Crippen LogP contribution in [-0.4, -0.2) is 135 Å². The van der Waals surface area contributed by atoms with Gasteiger partial charge in [-0.25, -0.2) is 27.6 Å². The molecule has 24 nitrogen and oxygen atoms in total. The summed E-state index contributed by atoms with van der Waals surface area (Å²) in [5, 5.41) is 27.7. The van der Waals surface area contributed by atoms with Crippen molar-refractivity contribution in [3.05, 3.63) is 176 Å². The third-order valence-corrected chi connectivity index (χ3v) is 16.0. The summed E-state index contributed by atoms with van der Waals surface area (Å²) in [6.07, 6.45) is 13.1. The standard InChI is InChI=1S/C21H28FN3O3.C19H24FN3O5.C14H17FN2O.C9H19NO.C8H16O2.C5H11NO.C4H8O/c1-14(2)10-19(15(3)26)23-20(16(4)27)13-25-9-8-24(21(25)28)12-17-6-5-7-18(22)11-17;1-12(2)8-15(17(24)25)21-16(18(26)27)11-23-7-6-22(19(23)28)10-13-4-3-5-14(20)9-13;1-11(2)9-16-6-7-17(14(16)18)10-12-4-3-5-13(15)8-12;1-7(2)5-10-6-8(3)9(4)11;1-6(2)5-7(3)8(9)10-4;1-3-5(6)4(2)7;1-4(2)3-5/h5-9,11,14,19-20,23H,10,12-13H2,1-4H3;3-7,9,12,15-16,21H,8,10-11H2,1-2H3,(H,24,25)(H,26,27);3-8,11H,9-10H2,1-2H3;7-8,10H,5-6H2,1-4H3;6-7H,5H2,1-4H3;5H,3,6H2,1-2H3;3-4H,1-2H3/t19-,20-;15-,16-;;8-;7-;5-;/m00.010./s1. The summed E-state index contributed by atoms with van der Waals surface area (Å²) in [7, 11) is 1.43. The van der Waals surface area contributed by atoms with Gasteiger partial charge in [0.15, 0.2) is 0 Å². The second-order valence-electron chi connectivity index (χ2n) is 29.2. The minimum Gasteiger partial charge on any atom is -0.480 e. The van der Waals surface area contributed by atoms with Crippen LogP contribution in [0.4, 0.5) is 13.2 Å². The first kappa shape index (κ1) is 98.1. The van der Waals surface area contributed by atoms with Crippen molar-refractivity contribution in [3.63, 3.8) is 0 Å². The Bertz CT molecular complexity index is 3680. The topological polar surface area (TPSA) is 329 Å². The van der Waals surface area contributed by atoms with Crippen LogP contribution in [0.25, 0.3) is 0 Å². The van der Waals surface area contributed by atoms with Gasteiger partial charge in [0.25, 0.3) is 0 Å². The number of imidazole rings is 3. The number of ether oxygens (including phenoxy) is 1. The Morgan fingerprint density at radius 3 is 1.08 bits per heavy atom. The number of carboxylic acids is 2. The van der Waals surface area contributed by atoms with E-state index in [1.54, 1.807) is 65.1 Å². The van der Waals surface area contributed by atoms with Crippen molar-refractivity contribution in [1.29, 1.82) is 0 Å². The second kappa shape index (κ2) is 52.2. The molecule has 0 bridgehead atoms. The zero-order valence-corrected chi connectivity index (χ0v) is 66.6. The molecule has 598 valence electrons. The number of nitrogens with zero attached hydrogens (tertiary/aromatic N) is 6. The highest BCUT2D eigenvalue weighted by Crippen LogP contribution is 2.14. The monoisotopic (exact) mass is 1500 g/mol. The Labute approximate surface area is 630 Å². The van der Waals surface area contributed by atoms with Crippen LogP contribution in [0.2, 0.25) is 0 Å². The second-order valence-corrected chi connectivity index (χ2v) is 29.2. The van der Waals surface area contributed by atoms with Crippen molar-refractivity contribution in [3.8, 4) is 0 Å². The molecule has 0 aliphatic heterocycles. The maximum atomic E-state index is 13.3. The fourth-order valence-corrected chi connectivity index (χ4v) is 9.97. The molecule has 0 fully saturated rings. The van der Waals surface area contributed by atoms with Crippen molar-refractivity contribution in [2.75, 3.05) is 20.2 Å². The molecule has 3 aromatic heterocycles. The van der Waals surface area contributed by atoms with E-state index in [-0.39, 0.29) is 114 Å². The lowest BCUT2D eigenvalue weighted by Gasteiger charge is -2.24. The summed E-state index contributed by atoms with van der Waals surface area (Å²) in [4.78, 5) is 126. The smallest absolute Gasteiger partial charge is 0.328 e. The van der Waals surface area contributed by atoms with Gasteiger partial charge in [0.05, 0.1) is 57.3 Å². The molecule has 27 heteroatoms. The highest BCUT2D eigenvalue weighted by atomic mass is 19.1. The Balaban J connectivity index is 0.00000132. The quantitative estimate of drug-likeness (QED) is 0.0159. The lowest BCUT2D eigenvalue weighted by molar-refractivity contribution is -0.145. The number of esters is 1. The van der Waals surface area contributed by atoms with Gasteiger partial charge in [0, 0.05) is 68.7 Å². The summed E-state index contributed by atoms with van der Waals surface area (Å²) in [6.45, 7) is 39.1. The molecule has 0 amide bonds. The molecule has 0 unspecified atom stereocenters. The third-order valence-electron chi connectivity index (χ3n) is 16.0. The number of methoxy groups -OCH3 is 1. The van der Waals surface area contributed by atoms with Crippen LogP contribution in [0, 0.1) is 64.8 Å². The fraction of sp³-hybridized carbons (Fsp3) is 0.562. The van der Waals surface area contributed by atoms with Gasteiger partial charge in [-0.15, -0.1) is 0 Å². The van der Waals surface area contributed by atoms with Crippen LogP contribution >= 0.6 is 0 Å². The van der Waals surface area contributed by atoms with Crippen LogP contribution in [-0.2, 0) is 82.4 Å². The highest BCUT2D eigenvalue weighted by Gasteiger charge is 2.28. The van der Waals surface area contributed by atoms with E-state index >= 15 is 0 Å². The first-order valence-corrected chi connectivity index (χ1v) is 36.5. The molecular weight excluding hydrogens is 1380 g/mol. The lowest BCUT2D eigenvalue weighted by atomic mass is 9.99. The summed E-state index contributed by atoms with van der Waals surface area (Å²) >= 11 is 0. The number of aliphatic carboxylic acids is 2. The van der Waals surface area contributed by atoms with Crippen molar-refractivity contribution in [2.24, 2.45) is 53.1 Å². The molecule has 107 heavy (non-hydrogen) atoms. The van der Waals surface area contributed by atoms with E-state index in [1.807, 2.05) is 68.4 Å². The molecule has 3 aromatic carbocycles. The van der Waals surface area contributed by atoms with Crippen LogP contribution in [0.15, 0.2) is 124 Å². The normalized spacial score (nSPS) is 12.8. The molecule has 6 aromatic rings. The van der Waals surface area contributed by atoms with E-state index in [4.69, 9.17) is 5.73 Å². The molecule has 0 aliphatic carbocycles. The van der Waals surface area contributed by atoms with Crippen molar-refractivity contribution in [2.45, 2.75) is 227 Å². The number of hydrogen-bond donors (Lipinski definition) is 6. The number of aromatic nitrogens is 6. The minimum absolute atomic E-state index is 0.0315. The van der Waals surface area contributed by atoms with Crippen molar-refractivity contribution < 1.29 is 66.5 Å². The first-order valence-electron chi connectivity index (χ1n) is 36.5. The Hall–Kier alpha value is -8.92. The molecule has 0 spiro atoms.